The van der Waals surface area contributed by atoms with E-state index in [-0.39, 0.29) is 16.6 Å². The highest BCUT2D eigenvalue weighted by molar-refractivity contribution is 5.89. The van der Waals surface area contributed by atoms with E-state index in [0.717, 1.165) is 0 Å². The summed E-state index contributed by atoms with van der Waals surface area (Å²) in [6, 6.07) is 6.05. The second-order valence-electron chi connectivity index (χ2n) is 7.70. The van der Waals surface area contributed by atoms with Gasteiger partial charge in [0.25, 0.3) is 0 Å². The smallest absolute Gasteiger partial charge is 0.441 e. The van der Waals surface area contributed by atoms with Crippen molar-refractivity contribution in [1.29, 1.82) is 0 Å². The molecule has 0 radical (unpaired) electrons. The molecular weight excluding hydrogens is 308 g/mol. The molecule has 0 aliphatic carbocycles. The summed E-state index contributed by atoms with van der Waals surface area (Å²) in [5.41, 5.74) is 0.0607. The van der Waals surface area contributed by atoms with Crippen molar-refractivity contribution in [3.05, 3.63) is 34.8 Å². The number of nitrogens with one attached hydrogen (secondary N) is 1. The maximum Gasteiger partial charge on any atom is 0.441 e. The van der Waals surface area contributed by atoms with E-state index in [1.54, 1.807) is 24.3 Å². The minimum Gasteiger partial charge on any atom is -0.480 e. The number of carboxylic acids is 1. The number of benzene rings is 1. The van der Waals surface area contributed by atoms with Gasteiger partial charge in [0.05, 0.1) is 5.39 Å². The van der Waals surface area contributed by atoms with Crippen molar-refractivity contribution in [3.63, 3.8) is 0 Å². The molecule has 1 atom stereocenters. The summed E-state index contributed by atoms with van der Waals surface area (Å²) in [6.07, 6.45) is 0.391. The Hall–Kier alpha value is -2.37. The van der Waals surface area contributed by atoms with Gasteiger partial charge in [-0.2, -0.15) is 4.98 Å². The summed E-state index contributed by atoms with van der Waals surface area (Å²) in [6.45, 7) is 10.3. The minimum atomic E-state index is -0.980. The van der Waals surface area contributed by atoms with Crippen molar-refractivity contribution < 1.29 is 14.3 Å². The maximum atomic E-state index is 11.7. The Morgan fingerprint density at radius 1 is 1.25 bits per heavy atom. The Balaban J connectivity index is 2.39. The highest BCUT2D eigenvalue weighted by Gasteiger charge is 2.37. The predicted octanol–water partition coefficient (Wildman–Crippen LogP) is 3.52. The molecule has 2 N–H and O–H groups in total. The monoisotopic (exact) mass is 332 g/mol. The first-order valence-electron chi connectivity index (χ1n) is 7.90. The van der Waals surface area contributed by atoms with E-state index in [9.17, 15) is 14.7 Å². The fourth-order valence-electron chi connectivity index (χ4n) is 2.31. The molecule has 2 rings (SSSR count). The third-order valence-electron chi connectivity index (χ3n) is 4.90. The van der Waals surface area contributed by atoms with Gasteiger partial charge < -0.3 is 14.8 Å². The number of rotatable bonds is 5. The quantitative estimate of drug-likeness (QED) is 0.870. The van der Waals surface area contributed by atoms with Gasteiger partial charge in [-0.15, -0.1) is 0 Å². The van der Waals surface area contributed by atoms with Crippen LogP contribution in [0.4, 0.5) is 5.82 Å². The van der Waals surface area contributed by atoms with Crippen molar-refractivity contribution in [2.24, 2.45) is 10.8 Å². The van der Waals surface area contributed by atoms with E-state index >= 15 is 0 Å². The van der Waals surface area contributed by atoms with E-state index in [1.807, 2.05) is 13.8 Å². The maximum absolute atomic E-state index is 11.7. The van der Waals surface area contributed by atoms with Gasteiger partial charge in [0, 0.05) is 0 Å². The van der Waals surface area contributed by atoms with Gasteiger partial charge in [-0.1, -0.05) is 46.8 Å². The number of nitrogens with zero attached hydrogens (tertiary/aromatic N) is 1. The SMILES string of the molecule is CC(C)(C)C(C)(C)C[C@H](Nc1nc(=O)oc2ccccc12)C(=O)O. The average Bonchev–Trinajstić information content (AvgIpc) is 2.44. The minimum absolute atomic E-state index is 0.0758. The molecule has 6 nitrogen and oxygen atoms in total. The van der Waals surface area contributed by atoms with Crippen LogP contribution in [0.5, 0.6) is 0 Å². The number of hydrogen-bond donors (Lipinski definition) is 2. The Morgan fingerprint density at radius 2 is 1.88 bits per heavy atom. The van der Waals surface area contributed by atoms with Crippen LogP contribution in [-0.4, -0.2) is 22.1 Å². The molecule has 24 heavy (non-hydrogen) atoms. The number of hydrogen-bond acceptors (Lipinski definition) is 5. The van der Waals surface area contributed by atoms with Gasteiger partial charge in [0.1, 0.15) is 17.4 Å². The Labute approximate surface area is 140 Å². The molecule has 0 fully saturated rings. The second-order valence-corrected chi connectivity index (χ2v) is 7.70. The van der Waals surface area contributed by atoms with Crippen LogP contribution in [0.1, 0.15) is 41.0 Å². The summed E-state index contributed by atoms with van der Waals surface area (Å²) >= 11 is 0. The van der Waals surface area contributed by atoms with Crippen molar-refractivity contribution in [3.8, 4) is 0 Å². The fourth-order valence-corrected chi connectivity index (χ4v) is 2.31. The highest BCUT2D eigenvalue weighted by atomic mass is 16.4. The molecule has 0 unspecified atom stereocenters. The average molecular weight is 332 g/mol. The van der Waals surface area contributed by atoms with Crippen LogP contribution in [0, 0.1) is 10.8 Å². The zero-order valence-electron chi connectivity index (χ0n) is 14.7. The lowest BCUT2D eigenvalue weighted by atomic mass is 9.66. The van der Waals surface area contributed by atoms with Crippen molar-refractivity contribution in [2.45, 2.75) is 47.1 Å². The number of aromatic nitrogens is 1. The summed E-state index contributed by atoms with van der Waals surface area (Å²) in [4.78, 5) is 27.2. The number of carboxylic acid groups (broad SMARTS) is 1. The largest absolute Gasteiger partial charge is 0.480 e. The lowest BCUT2D eigenvalue weighted by molar-refractivity contribution is -0.139. The molecule has 0 aliphatic rings. The molecule has 1 heterocycles. The fraction of sp³-hybridized carbons (Fsp3) is 0.500. The van der Waals surface area contributed by atoms with Gasteiger partial charge in [0.2, 0.25) is 0 Å². The van der Waals surface area contributed by atoms with Gasteiger partial charge >= 0.3 is 11.7 Å². The molecule has 130 valence electrons. The van der Waals surface area contributed by atoms with Crippen LogP contribution in [0.2, 0.25) is 0 Å². The van der Waals surface area contributed by atoms with Gasteiger partial charge in [0.15, 0.2) is 0 Å². The molecule has 0 amide bonds. The number of carbonyl (C=O) groups is 1. The van der Waals surface area contributed by atoms with Gasteiger partial charge in [-0.25, -0.2) is 9.59 Å². The van der Waals surface area contributed by atoms with Crippen molar-refractivity contribution >= 4 is 22.8 Å². The van der Waals surface area contributed by atoms with Gasteiger partial charge in [-0.3, -0.25) is 0 Å². The number of para-hydroxylation sites is 1. The first-order valence-corrected chi connectivity index (χ1v) is 7.90. The highest BCUT2D eigenvalue weighted by Crippen LogP contribution is 2.42. The number of fused-ring (bicyclic) bond motifs is 1. The van der Waals surface area contributed by atoms with E-state index < -0.39 is 17.8 Å². The van der Waals surface area contributed by atoms with Gasteiger partial charge in [-0.05, 0) is 29.4 Å². The zero-order valence-corrected chi connectivity index (χ0v) is 14.7. The molecule has 1 aromatic carbocycles. The first-order chi connectivity index (χ1) is 11.0. The van der Waals surface area contributed by atoms with Crippen LogP contribution < -0.4 is 11.1 Å². The third kappa shape index (κ3) is 3.75. The van der Waals surface area contributed by atoms with Crippen molar-refractivity contribution in [2.75, 3.05) is 5.32 Å². The molecular formula is C18H24N2O4. The topological polar surface area (TPSA) is 92.4 Å². The molecule has 0 spiro atoms. The summed E-state index contributed by atoms with van der Waals surface area (Å²) in [5.74, 6) is -1.50. The zero-order chi connectivity index (χ0) is 18.1. The summed E-state index contributed by atoms with van der Waals surface area (Å²) in [7, 11) is 0. The first kappa shape index (κ1) is 18.0. The van der Waals surface area contributed by atoms with E-state index in [1.165, 1.54) is 0 Å². The summed E-state index contributed by atoms with van der Waals surface area (Å²) < 4.78 is 5.05. The Morgan fingerprint density at radius 3 is 2.46 bits per heavy atom. The Kier molecular flexibility index (Phi) is 4.69. The third-order valence-corrected chi connectivity index (χ3v) is 4.90. The van der Waals surface area contributed by atoms with Crippen LogP contribution in [-0.2, 0) is 4.79 Å². The van der Waals surface area contributed by atoms with Crippen LogP contribution in [0.15, 0.2) is 33.5 Å². The van der Waals surface area contributed by atoms with Crippen LogP contribution in [0.25, 0.3) is 11.0 Å². The van der Waals surface area contributed by atoms with E-state index in [4.69, 9.17) is 4.42 Å². The molecule has 0 bridgehead atoms. The standard InChI is InChI=1S/C18H24N2O4/c1-17(2,3)18(4,5)10-12(15(21)22)19-14-11-8-6-7-9-13(11)24-16(23)20-14/h6-9,12H,10H2,1-5H3,(H,21,22)(H,19,20,23)/t12-/m0/s1. The second kappa shape index (κ2) is 6.26. The molecule has 0 saturated heterocycles. The molecule has 2 aromatic rings. The Bertz CT molecular complexity index is 803. The van der Waals surface area contributed by atoms with E-state index in [2.05, 4.69) is 31.1 Å². The molecule has 0 aliphatic heterocycles. The van der Waals surface area contributed by atoms with Crippen LogP contribution in [0.3, 0.4) is 0 Å². The number of anilines is 1. The molecule has 1 aromatic heterocycles. The normalized spacial score (nSPS) is 13.7. The molecule has 6 heteroatoms. The van der Waals surface area contributed by atoms with Crippen molar-refractivity contribution in [1.82, 2.24) is 4.98 Å². The lowest BCUT2D eigenvalue weighted by Gasteiger charge is -2.40. The van der Waals surface area contributed by atoms with E-state index in [0.29, 0.717) is 17.4 Å². The lowest BCUT2D eigenvalue weighted by Crippen LogP contribution is -2.40. The predicted molar refractivity (Wildman–Crippen MR) is 93.2 cm³/mol. The van der Waals surface area contributed by atoms with Crippen LogP contribution >= 0.6 is 0 Å². The number of aliphatic carboxylic acids is 1. The molecule has 0 saturated carbocycles. The summed E-state index contributed by atoms with van der Waals surface area (Å²) in [5, 5.41) is 13.1.